The highest BCUT2D eigenvalue weighted by molar-refractivity contribution is 14.1. The number of carboxylic acids is 1. The Kier molecular flexibility index (Phi) is 2.89. The zero-order chi connectivity index (χ0) is 9.30. The number of aromatic carboxylic acids is 1. The third kappa shape index (κ3) is 1.69. The maximum atomic E-state index is 12.8. The molecule has 1 aromatic carbocycles. The van der Waals surface area contributed by atoms with Crippen LogP contribution in [0.1, 0.15) is 10.4 Å². The highest BCUT2D eigenvalue weighted by Crippen LogP contribution is 2.24. The lowest BCUT2D eigenvalue weighted by Gasteiger charge is -2.01. The van der Waals surface area contributed by atoms with Gasteiger partial charge in [-0.15, -0.1) is 0 Å². The molecular weight excluding hydrogens is 297 g/mol. The van der Waals surface area contributed by atoms with Crippen LogP contribution in [0.4, 0.5) is 4.39 Å². The zero-order valence-electron chi connectivity index (χ0n) is 5.64. The molecule has 0 unspecified atom stereocenters. The second-order valence-electron chi connectivity index (χ2n) is 2.02. The van der Waals surface area contributed by atoms with E-state index in [1.165, 1.54) is 6.07 Å². The van der Waals surface area contributed by atoms with Gasteiger partial charge in [-0.25, -0.2) is 9.18 Å². The van der Waals surface area contributed by atoms with Gasteiger partial charge in [-0.2, -0.15) is 0 Å². The average molecular weight is 300 g/mol. The zero-order valence-corrected chi connectivity index (χ0v) is 8.56. The summed E-state index contributed by atoms with van der Waals surface area (Å²) in [6.45, 7) is 0. The summed E-state index contributed by atoms with van der Waals surface area (Å²) in [4.78, 5) is 10.5. The summed E-state index contributed by atoms with van der Waals surface area (Å²) < 4.78 is 13.1. The highest BCUT2D eigenvalue weighted by atomic mass is 127. The van der Waals surface area contributed by atoms with E-state index < -0.39 is 11.8 Å². The maximum Gasteiger partial charge on any atom is 0.339 e. The maximum absolute atomic E-state index is 12.8. The lowest BCUT2D eigenvalue weighted by Crippen LogP contribution is -2.03. The van der Waals surface area contributed by atoms with Gasteiger partial charge in [0.2, 0.25) is 0 Å². The second-order valence-corrected chi connectivity index (χ2v) is 3.51. The van der Waals surface area contributed by atoms with Crippen LogP contribution in [0, 0.1) is 9.39 Å². The van der Waals surface area contributed by atoms with E-state index in [0.717, 1.165) is 6.07 Å². The topological polar surface area (TPSA) is 37.3 Å². The molecule has 0 atom stereocenters. The van der Waals surface area contributed by atoms with Gasteiger partial charge in [0.1, 0.15) is 11.4 Å². The molecule has 5 heteroatoms. The van der Waals surface area contributed by atoms with Gasteiger partial charge in [-0.05, 0) is 34.7 Å². The molecule has 0 spiro atoms. The predicted octanol–water partition coefficient (Wildman–Crippen LogP) is 2.78. The van der Waals surface area contributed by atoms with E-state index in [4.69, 9.17) is 16.7 Å². The quantitative estimate of drug-likeness (QED) is 0.639. The van der Waals surface area contributed by atoms with Crippen molar-refractivity contribution in [2.24, 2.45) is 0 Å². The summed E-state index contributed by atoms with van der Waals surface area (Å²) in [7, 11) is 0. The smallest absolute Gasteiger partial charge is 0.339 e. The molecule has 0 aliphatic carbocycles. The standard InChI is InChI=1S/C7H3ClFIO2/c8-3-1-2-4(9)5(6(3)10)7(11)12/h1-2H,(H,11,12). The first-order valence-corrected chi connectivity index (χ1v) is 4.36. The third-order valence-electron chi connectivity index (χ3n) is 1.26. The van der Waals surface area contributed by atoms with Crippen LogP contribution in [-0.4, -0.2) is 11.1 Å². The minimum Gasteiger partial charge on any atom is -0.478 e. The van der Waals surface area contributed by atoms with Crippen molar-refractivity contribution in [1.82, 2.24) is 0 Å². The van der Waals surface area contributed by atoms with Crippen molar-refractivity contribution in [3.8, 4) is 0 Å². The first-order chi connectivity index (χ1) is 5.54. The molecule has 64 valence electrons. The van der Waals surface area contributed by atoms with Crippen molar-refractivity contribution < 1.29 is 14.3 Å². The van der Waals surface area contributed by atoms with Gasteiger partial charge in [0.25, 0.3) is 0 Å². The Balaban J connectivity index is 3.43. The normalized spacial score (nSPS) is 9.92. The number of hydrogen-bond donors (Lipinski definition) is 1. The molecule has 0 aliphatic rings. The Morgan fingerprint density at radius 1 is 1.58 bits per heavy atom. The summed E-state index contributed by atoms with van der Waals surface area (Å²) in [5.74, 6) is -2.07. The molecule has 0 bridgehead atoms. The van der Waals surface area contributed by atoms with Crippen molar-refractivity contribution in [1.29, 1.82) is 0 Å². The summed E-state index contributed by atoms with van der Waals surface area (Å²) in [5, 5.41) is 8.81. The van der Waals surface area contributed by atoms with E-state index in [1.807, 2.05) is 0 Å². The third-order valence-corrected chi connectivity index (χ3v) is 3.01. The van der Waals surface area contributed by atoms with E-state index >= 15 is 0 Å². The largest absolute Gasteiger partial charge is 0.478 e. The lowest BCUT2D eigenvalue weighted by atomic mass is 10.2. The van der Waals surface area contributed by atoms with E-state index in [1.54, 1.807) is 22.6 Å². The van der Waals surface area contributed by atoms with Crippen molar-refractivity contribution in [2.75, 3.05) is 0 Å². The van der Waals surface area contributed by atoms with Gasteiger partial charge in [0, 0.05) is 3.57 Å². The average Bonchev–Trinajstić information content (AvgIpc) is 1.97. The fraction of sp³-hybridized carbons (Fsp3) is 0. The number of hydrogen-bond acceptors (Lipinski definition) is 1. The van der Waals surface area contributed by atoms with Gasteiger partial charge >= 0.3 is 5.97 Å². The number of halogens is 3. The van der Waals surface area contributed by atoms with Crippen molar-refractivity contribution in [3.63, 3.8) is 0 Å². The van der Waals surface area contributed by atoms with E-state index in [2.05, 4.69) is 0 Å². The van der Waals surface area contributed by atoms with Crippen molar-refractivity contribution in [3.05, 3.63) is 32.1 Å². The fourth-order valence-corrected chi connectivity index (χ4v) is 1.55. The number of carboxylic acid groups (broad SMARTS) is 1. The van der Waals surface area contributed by atoms with Gasteiger partial charge in [-0.3, -0.25) is 0 Å². The Bertz CT molecular complexity index is 340. The minimum atomic E-state index is -1.31. The Labute approximate surface area is 86.5 Å². The van der Waals surface area contributed by atoms with Crippen molar-refractivity contribution in [2.45, 2.75) is 0 Å². The first kappa shape index (κ1) is 9.73. The first-order valence-electron chi connectivity index (χ1n) is 2.91. The lowest BCUT2D eigenvalue weighted by molar-refractivity contribution is 0.0690. The molecule has 0 fully saturated rings. The van der Waals surface area contributed by atoms with Crippen LogP contribution in [0.5, 0.6) is 0 Å². The fourth-order valence-electron chi connectivity index (χ4n) is 0.723. The van der Waals surface area contributed by atoms with E-state index in [0.29, 0.717) is 0 Å². The van der Waals surface area contributed by atoms with E-state index in [9.17, 15) is 9.18 Å². The molecular formula is C7H3ClFIO2. The molecule has 0 heterocycles. The molecule has 0 saturated heterocycles. The van der Waals surface area contributed by atoms with E-state index in [-0.39, 0.29) is 14.2 Å². The Hall–Kier alpha value is -0.360. The summed E-state index contributed by atoms with van der Waals surface area (Å²) >= 11 is 7.29. The molecule has 12 heavy (non-hydrogen) atoms. The van der Waals surface area contributed by atoms with Crippen LogP contribution in [0.2, 0.25) is 5.02 Å². The van der Waals surface area contributed by atoms with Crippen LogP contribution in [0.3, 0.4) is 0 Å². The molecule has 0 radical (unpaired) electrons. The van der Waals surface area contributed by atoms with Gasteiger partial charge in [0.15, 0.2) is 0 Å². The Morgan fingerprint density at radius 2 is 2.17 bits per heavy atom. The molecule has 0 saturated carbocycles. The summed E-state index contributed by atoms with van der Waals surface area (Å²) in [6.07, 6.45) is 0. The second kappa shape index (κ2) is 3.57. The van der Waals surface area contributed by atoms with Gasteiger partial charge in [-0.1, -0.05) is 11.6 Å². The van der Waals surface area contributed by atoms with Crippen LogP contribution < -0.4 is 0 Å². The highest BCUT2D eigenvalue weighted by Gasteiger charge is 2.16. The Morgan fingerprint density at radius 3 is 2.58 bits per heavy atom. The van der Waals surface area contributed by atoms with Crippen LogP contribution in [-0.2, 0) is 0 Å². The monoisotopic (exact) mass is 300 g/mol. The number of rotatable bonds is 1. The van der Waals surface area contributed by atoms with Gasteiger partial charge < -0.3 is 5.11 Å². The van der Waals surface area contributed by atoms with Gasteiger partial charge in [0.05, 0.1) is 5.02 Å². The summed E-state index contributed by atoms with van der Waals surface area (Å²) in [6, 6.07) is 2.36. The van der Waals surface area contributed by atoms with Crippen molar-refractivity contribution >= 4 is 40.2 Å². The SMILES string of the molecule is O=C(O)c1c(F)ccc(Cl)c1I. The molecule has 0 amide bonds. The molecule has 1 N–H and O–H groups in total. The molecule has 1 rings (SSSR count). The number of benzene rings is 1. The minimum absolute atomic E-state index is 0.224. The van der Waals surface area contributed by atoms with Crippen LogP contribution >= 0.6 is 34.2 Å². The summed E-state index contributed by atoms with van der Waals surface area (Å²) in [5.41, 5.74) is -0.372. The molecule has 1 aromatic rings. The predicted molar refractivity (Wildman–Crippen MR) is 51.1 cm³/mol. The molecule has 2 nitrogen and oxygen atoms in total. The molecule has 0 aliphatic heterocycles. The van der Waals surface area contributed by atoms with Crippen LogP contribution in [0.25, 0.3) is 0 Å². The number of carbonyl (C=O) groups is 1. The molecule has 0 aromatic heterocycles. The van der Waals surface area contributed by atoms with Crippen LogP contribution in [0.15, 0.2) is 12.1 Å².